The molecule has 0 bridgehead atoms. The van der Waals surface area contributed by atoms with E-state index >= 15 is 0 Å². The summed E-state index contributed by atoms with van der Waals surface area (Å²) in [5.74, 6) is 0. The van der Waals surface area contributed by atoms with Crippen molar-refractivity contribution in [3.8, 4) is 0 Å². The van der Waals surface area contributed by atoms with Crippen LogP contribution in [0.2, 0.25) is 5.02 Å². The van der Waals surface area contributed by atoms with Crippen molar-refractivity contribution in [1.82, 2.24) is 4.90 Å². The van der Waals surface area contributed by atoms with Crippen LogP contribution < -0.4 is 0 Å². The molecule has 2 aromatic carbocycles. The molecule has 0 aromatic heterocycles. The first-order valence-corrected chi connectivity index (χ1v) is 7.82. The van der Waals surface area contributed by atoms with Crippen LogP contribution in [0.1, 0.15) is 53.6 Å². The number of benzene rings is 2. The van der Waals surface area contributed by atoms with Gasteiger partial charge in [-0.25, -0.2) is 0 Å². The first-order valence-electron chi connectivity index (χ1n) is 13.4. The Hall–Kier alpha value is -1.35. The third-order valence-corrected chi connectivity index (χ3v) is 4.14. The molecule has 2 aromatic rings. The fraction of sp³-hybridized carbons (Fsp3) is 0.429. The number of hydrogen-bond donors (Lipinski definition) is 0. The van der Waals surface area contributed by atoms with Gasteiger partial charge in [0.25, 0.3) is 0 Å². The quantitative estimate of drug-likeness (QED) is 0.714. The highest BCUT2D eigenvalue weighted by Gasteiger charge is 2.30. The minimum Gasteiger partial charge on any atom is -0.366 e. The number of ether oxygens (including phenoxy) is 1. The fourth-order valence-electron chi connectivity index (χ4n) is 2.48. The van der Waals surface area contributed by atoms with E-state index in [1.54, 1.807) is 61.5 Å². The standard InChI is InChI=1S/C21H26ClNO/c1-21(17-7-4-3-5-8-17,18-10-12-19(22)13-11-18)24-16-14-20-9-6-15-23(20)2/h3-5,7-8,10-13,20H,6,9,14-16H2,1-2H3/t20-,21-/m1/s1/i2D3,6D2,9D2,14D2,15D2,20D. The summed E-state index contributed by atoms with van der Waals surface area (Å²) in [6.45, 7) is -6.55. The predicted molar refractivity (Wildman–Crippen MR) is 101 cm³/mol. The van der Waals surface area contributed by atoms with Crippen LogP contribution >= 0.6 is 11.6 Å². The average molecular weight is 356 g/mol. The van der Waals surface area contributed by atoms with E-state index in [9.17, 15) is 0 Å². The summed E-state index contributed by atoms with van der Waals surface area (Å²) in [6.07, 6.45) is -10.4. The lowest BCUT2D eigenvalue weighted by atomic mass is 9.88. The zero-order valence-electron chi connectivity index (χ0n) is 25.1. The van der Waals surface area contributed by atoms with Crippen LogP contribution in [0.25, 0.3) is 0 Å². The van der Waals surface area contributed by atoms with Gasteiger partial charge in [0.2, 0.25) is 0 Å². The van der Waals surface area contributed by atoms with Crippen molar-refractivity contribution in [2.45, 2.75) is 37.7 Å². The summed E-state index contributed by atoms with van der Waals surface area (Å²) in [4.78, 5) is -0.321. The molecule has 1 heterocycles. The lowest BCUT2D eigenvalue weighted by molar-refractivity contribution is -0.0117. The van der Waals surface area contributed by atoms with Gasteiger partial charge >= 0.3 is 0 Å². The van der Waals surface area contributed by atoms with Gasteiger partial charge in [0.05, 0.1) is 0 Å². The Morgan fingerprint density at radius 1 is 1.29 bits per heavy atom. The van der Waals surface area contributed by atoms with Gasteiger partial charge in [-0.15, -0.1) is 0 Å². The van der Waals surface area contributed by atoms with Gasteiger partial charge in [0, 0.05) is 34.1 Å². The van der Waals surface area contributed by atoms with Gasteiger partial charge in [0.1, 0.15) is 5.60 Å². The molecule has 0 amide bonds. The maximum absolute atomic E-state index is 8.79. The number of halogens is 1. The topological polar surface area (TPSA) is 12.5 Å². The second kappa shape index (κ2) is 7.69. The smallest absolute Gasteiger partial charge is 0.115 e. The number of likely N-dealkylation sites (tertiary alicyclic amines) is 1. The van der Waals surface area contributed by atoms with Gasteiger partial charge in [0.15, 0.2) is 0 Å². The van der Waals surface area contributed by atoms with Crippen molar-refractivity contribution in [1.29, 1.82) is 0 Å². The Labute approximate surface area is 167 Å². The summed E-state index contributed by atoms with van der Waals surface area (Å²) in [5, 5.41) is 0.437. The van der Waals surface area contributed by atoms with Crippen LogP contribution in [-0.4, -0.2) is 31.0 Å². The van der Waals surface area contributed by atoms with Crippen molar-refractivity contribution in [3.05, 3.63) is 70.7 Å². The largest absolute Gasteiger partial charge is 0.366 e. The Kier molecular flexibility index (Phi) is 2.53. The van der Waals surface area contributed by atoms with Crippen molar-refractivity contribution in [2.24, 2.45) is 0 Å². The summed E-state index contributed by atoms with van der Waals surface area (Å²) in [6, 6.07) is 11.6. The fourth-order valence-corrected chi connectivity index (χ4v) is 2.61. The van der Waals surface area contributed by atoms with E-state index in [2.05, 4.69) is 0 Å². The van der Waals surface area contributed by atoms with Crippen molar-refractivity contribution in [3.63, 3.8) is 0 Å². The zero-order valence-corrected chi connectivity index (χ0v) is 13.9. The predicted octanol–water partition coefficient (Wildman–Crippen LogP) is 5.10. The highest BCUT2D eigenvalue weighted by Crippen LogP contribution is 2.34. The first-order chi connectivity index (χ1) is 16.2. The van der Waals surface area contributed by atoms with E-state index in [1.165, 1.54) is 0 Å². The molecule has 0 spiro atoms. The first kappa shape index (κ1) is 7.90. The molecule has 3 rings (SSSR count). The summed E-state index contributed by atoms with van der Waals surface area (Å²) < 4.78 is 104. The van der Waals surface area contributed by atoms with Crippen LogP contribution in [-0.2, 0) is 10.3 Å². The Bertz CT molecular complexity index is 1090. The molecule has 0 N–H and O–H groups in total. The second-order valence-corrected chi connectivity index (χ2v) is 5.85. The molecule has 3 heteroatoms. The maximum Gasteiger partial charge on any atom is 0.115 e. The van der Waals surface area contributed by atoms with E-state index in [0.29, 0.717) is 16.1 Å². The molecule has 1 fully saturated rings. The monoisotopic (exact) mass is 355 g/mol. The van der Waals surface area contributed by atoms with Crippen molar-refractivity contribution in [2.75, 3.05) is 20.1 Å². The highest BCUT2D eigenvalue weighted by molar-refractivity contribution is 6.30. The third kappa shape index (κ3) is 3.83. The van der Waals surface area contributed by atoms with Crippen LogP contribution in [0.15, 0.2) is 54.6 Å². The van der Waals surface area contributed by atoms with E-state index in [4.69, 9.17) is 32.8 Å². The average Bonchev–Trinajstić information content (AvgIpc) is 2.85. The lowest BCUT2D eigenvalue weighted by Gasteiger charge is -2.32. The molecule has 1 aliphatic heterocycles. The van der Waals surface area contributed by atoms with Crippen molar-refractivity contribution < 1.29 is 21.2 Å². The molecule has 128 valence electrons. The molecule has 0 aliphatic carbocycles. The van der Waals surface area contributed by atoms with Crippen LogP contribution in [0.5, 0.6) is 0 Å². The van der Waals surface area contributed by atoms with Gasteiger partial charge < -0.3 is 9.64 Å². The van der Waals surface area contributed by atoms with E-state index < -0.39 is 50.8 Å². The van der Waals surface area contributed by atoms with Crippen LogP contribution in [0.4, 0.5) is 0 Å². The van der Waals surface area contributed by atoms with E-state index in [0.717, 1.165) is 0 Å². The Balaban J connectivity index is 2.13. The zero-order chi connectivity index (χ0) is 27.6. The minimum absolute atomic E-state index is 0.321. The number of rotatable bonds is 6. The molecular weight excluding hydrogens is 318 g/mol. The van der Waals surface area contributed by atoms with Crippen molar-refractivity contribution >= 4 is 11.6 Å². The Morgan fingerprint density at radius 2 is 2.00 bits per heavy atom. The lowest BCUT2D eigenvalue weighted by Crippen LogP contribution is -2.31. The van der Waals surface area contributed by atoms with E-state index in [-0.39, 0.29) is 4.90 Å². The molecule has 1 saturated heterocycles. The molecule has 24 heavy (non-hydrogen) atoms. The SMILES string of the molecule is [2H]C([2H])([2H])N1C([2H])([2H])C([2H])([2H])C([2H])([2H])[C@]1([2H])C([2H])([2H])CO[C@](C)(c1ccccc1)c1ccc(Cl)cc1. The van der Waals surface area contributed by atoms with Crippen LogP contribution in [0, 0.1) is 0 Å². The van der Waals surface area contributed by atoms with Crippen LogP contribution in [0.3, 0.4) is 0 Å². The second-order valence-electron chi connectivity index (χ2n) is 5.42. The van der Waals surface area contributed by atoms with Gasteiger partial charge in [-0.3, -0.25) is 0 Å². The summed E-state index contributed by atoms with van der Waals surface area (Å²) >= 11 is 6.01. The molecule has 2 atom stereocenters. The molecular formula is C21H26ClNO. The Morgan fingerprint density at radius 3 is 2.71 bits per heavy atom. The van der Waals surface area contributed by atoms with E-state index in [1.807, 2.05) is 0 Å². The van der Waals surface area contributed by atoms with Gasteiger partial charge in [-0.05, 0) is 62.8 Å². The summed E-state index contributed by atoms with van der Waals surface area (Å²) in [5.41, 5.74) is -0.278. The van der Waals surface area contributed by atoms with Gasteiger partial charge in [-0.1, -0.05) is 54.1 Å². The highest BCUT2D eigenvalue weighted by atomic mass is 35.5. The normalized spacial score (nSPS) is 38.8. The third-order valence-electron chi connectivity index (χ3n) is 3.89. The molecule has 2 nitrogen and oxygen atoms in total. The number of nitrogens with zero attached hydrogens (tertiary/aromatic N) is 1. The molecule has 0 saturated carbocycles. The molecule has 1 aliphatic rings. The molecule has 0 unspecified atom stereocenters. The summed E-state index contributed by atoms with van der Waals surface area (Å²) in [7, 11) is 0. The van der Waals surface area contributed by atoms with Gasteiger partial charge in [-0.2, -0.15) is 0 Å². The molecule has 0 radical (unpaired) electrons. The minimum atomic E-state index is -3.60. The maximum atomic E-state index is 8.79. The number of hydrogen-bond acceptors (Lipinski definition) is 2.